The number of piperidine rings is 1. The van der Waals surface area contributed by atoms with Crippen LogP contribution in [0.5, 0.6) is 0 Å². The molecular weight excluding hydrogens is 260 g/mol. The lowest BCUT2D eigenvalue weighted by atomic mass is 10.0. The lowest BCUT2D eigenvalue weighted by Crippen LogP contribution is -2.44. The van der Waals surface area contributed by atoms with Crippen molar-refractivity contribution in [1.82, 2.24) is 4.90 Å². The Bertz CT molecular complexity index is 374. The first-order valence-corrected chi connectivity index (χ1v) is 7.28. The minimum Gasteiger partial charge on any atom is -0.383 e. The predicted octanol–water partition coefficient (Wildman–Crippen LogP) is 2.89. The van der Waals surface area contributed by atoms with Gasteiger partial charge in [-0.25, -0.2) is 0 Å². The van der Waals surface area contributed by atoms with Gasteiger partial charge in [-0.1, -0.05) is 11.6 Å². The van der Waals surface area contributed by atoms with Gasteiger partial charge >= 0.3 is 0 Å². The standard InChI is InChI=1S/C15H23ClN2O/c1-17(11-12-19-2)14-7-9-18(10-8-14)15-5-3-13(16)4-6-15/h3-6,14H,7-12H2,1-2H3. The maximum absolute atomic E-state index is 5.93. The van der Waals surface area contributed by atoms with E-state index >= 15 is 0 Å². The van der Waals surface area contributed by atoms with E-state index in [0.717, 1.165) is 31.3 Å². The summed E-state index contributed by atoms with van der Waals surface area (Å²) in [6, 6.07) is 8.83. The van der Waals surface area contributed by atoms with Gasteiger partial charge in [0, 0.05) is 43.5 Å². The normalized spacial score (nSPS) is 17.2. The van der Waals surface area contributed by atoms with Crippen LogP contribution in [0.1, 0.15) is 12.8 Å². The van der Waals surface area contributed by atoms with Crippen molar-refractivity contribution in [1.29, 1.82) is 0 Å². The number of hydrogen-bond acceptors (Lipinski definition) is 3. The first-order valence-electron chi connectivity index (χ1n) is 6.90. The molecule has 1 fully saturated rings. The van der Waals surface area contributed by atoms with Crippen LogP contribution in [0.15, 0.2) is 24.3 Å². The van der Waals surface area contributed by atoms with Gasteiger partial charge in [-0.05, 0) is 44.2 Å². The van der Waals surface area contributed by atoms with Crippen molar-refractivity contribution in [2.24, 2.45) is 0 Å². The van der Waals surface area contributed by atoms with E-state index in [1.165, 1.54) is 18.5 Å². The summed E-state index contributed by atoms with van der Waals surface area (Å²) >= 11 is 5.93. The quantitative estimate of drug-likeness (QED) is 0.826. The molecule has 0 aliphatic carbocycles. The summed E-state index contributed by atoms with van der Waals surface area (Å²) in [5.74, 6) is 0. The number of halogens is 1. The fourth-order valence-corrected chi connectivity index (χ4v) is 2.76. The molecule has 2 rings (SSSR count). The molecule has 0 atom stereocenters. The Balaban J connectivity index is 1.83. The highest BCUT2D eigenvalue weighted by molar-refractivity contribution is 6.30. The minimum absolute atomic E-state index is 0.679. The maximum atomic E-state index is 5.93. The van der Waals surface area contributed by atoms with Gasteiger partial charge in [0.1, 0.15) is 0 Å². The van der Waals surface area contributed by atoms with Gasteiger partial charge in [-0.2, -0.15) is 0 Å². The van der Waals surface area contributed by atoms with Crippen molar-refractivity contribution in [2.45, 2.75) is 18.9 Å². The van der Waals surface area contributed by atoms with Crippen molar-refractivity contribution in [3.63, 3.8) is 0 Å². The second-order valence-corrected chi connectivity index (χ2v) is 5.60. The molecule has 1 aliphatic rings. The van der Waals surface area contributed by atoms with Crippen molar-refractivity contribution >= 4 is 17.3 Å². The average Bonchev–Trinajstić information content (AvgIpc) is 2.46. The van der Waals surface area contributed by atoms with Crippen LogP contribution >= 0.6 is 11.6 Å². The molecule has 1 heterocycles. The molecule has 0 aromatic heterocycles. The third-order valence-corrected chi connectivity index (χ3v) is 4.18. The molecule has 1 saturated heterocycles. The van der Waals surface area contributed by atoms with Crippen molar-refractivity contribution < 1.29 is 4.74 Å². The van der Waals surface area contributed by atoms with Crippen LogP contribution in [0, 0.1) is 0 Å². The number of rotatable bonds is 5. The second-order valence-electron chi connectivity index (χ2n) is 5.17. The molecule has 0 bridgehead atoms. The Labute approximate surface area is 121 Å². The highest BCUT2D eigenvalue weighted by Crippen LogP contribution is 2.23. The third-order valence-electron chi connectivity index (χ3n) is 3.93. The van der Waals surface area contributed by atoms with Crippen LogP contribution in [-0.4, -0.2) is 51.3 Å². The van der Waals surface area contributed by atoms with Gasteiger partial charge in [0.05, 0.1) is 6.61 Å². The molecule has 3 nitrogen and oxygen atoms in total. The van der Waals surface area contributed by atoms with E-state index in [-0.39, 0.29) is 0 Å². The van der Waals surface area contributed by atoms with Gasteiger partial charge in [0.25, 0.3) is 0 Å². The summed E-state index contributed by atoms with van der Waals surface area (Å²) in [5.41, 5.74) is 1.28. The van der Waals surface area contributed by atoms with Crippen LogP contribution in [0.2, 0.25) is 5.02 Å². The van der Waals surface area contributed by atoms with E-state index in [9.17, 15) is 0 Å². The Kier molecular flexibility index (Phi) is 5.49. The number of anilines is 1. The van der Waals surface area contributed by atoms with E-state index < -0.39 is 0 Å². The smallest absolute Gasteiger partial charge is 0.0589 e. The van der Waals surface area contributed by atoms with Crippen LogP contribution < -0.4 is 4.90 Å². The van der Waals surface area contributed by atoms with Crippen LogP contribution in [0.4, 0.5) is 5.69 Å². The first-order chi connectivity index (χ1) is 9.20. The van der Waals surface area contributed by atoms with Crippen molar-refractivity contribution in [2.75, 3.05) is 45.3 Å². The first kappa shape index (κ1) is 14.6. The zero-order chi connectivity index (χ0) is 13.7. The number of nitrogens with zero attached hydrogens (tertiary/aromatic N) is 2. The molecule has 0 saturated carbocycles. The highest BCUT2D eigenvalue weighted by atomic mass is 35.5. The Morgan fingerprint density at radius 3 is 2.47 bits per heavy atom. The summed E-state index contributed by atoms with van der Waals surface area (Å²) in [5, 5.41) is 0.804. The summed E-state index contributed by atoms with van der Waals surface area (Å²) < 4.78 is 5.14. The number of methoxy groups -OCH3 is 1. The van der Waals surface area contributed by atoms with E-state index in [1.54, 1.807) is 7.11 Å². The maximum Gasteiger partial charge on any atom is 0.0589 e. The Morgan fingerprint density at radius 1 is 1.26 bits per heavy atom. The largest absolute Gasteiger partial charge is 0.383 e. The summed E-state index contributed by atoms with van der Waals surface area (Å²) in [7, 11) is 3.96. The number of ether oxygens (including phenoxy) is 1. The van der Waals surface area contributed by atoms with Crippen LogP contribution in [0.3, 0.4) is 0 Å². The highest BCUT2D eigenvalue weighted by Gasteiger charge is 2.22. The molecule has 1 aromatic rings. The summed E-state index contributed by atoms with van der Waals surface area (Å²) in [4.78, 5) is 4.86. The monoisotopic (exact) mass is 282 g/mol. The Morgan fingerprint density at radius 2 is 1.89 bits per heavy atom. The zero-order valence-electron chi connectivity index (χ0n) is 11.8. The molecule has 0 radical (unpaired) electrons. The second kappa shape index (κ2) is 7.13. The number of benzene rings is 1. The topological polar surface area (TPSA) is 15.7 Å². The molecular formula is C15H23ClN2O. The summed E-state index contributed by atoms with van der Waals surface area (Å²) in [6.07, 6.45) is 2.42. The van der Waals surface area contributed by atoms with E-state index in [2.05, 4.69) is 29.0 Å². The van der Waals surface area contributed by atoms with E-state index in [4.69, 9.17) is 16.3 Å². The van der Waals surface area contributed by atoms with Gasteiger partial charge < -0.3 is 14.5 Å². The van der Waals surface area contributed by atoms with Crippen LogP contribution in [-0.2, 0) is 4.74 Å². The van der Waals surface area contributed by atoms with Gasteiger partial charge in [0.2, 0.25) is 0 Å². The molecule has 0 amide bonds. The fourth-order valence-electron chi connectivity index (χ4n) is 2.63. The molecule has 1 aliphatic heterocycles. The average molecular weight is 283 g/mol. The van der Waals surface area contributed by atoms with Gasteiger partial charge in [0.15, 0.2) is 0 Å². The Hall–Kier alpha value is -0.770. The van der Waals surface area contributed by atoms with E-state index in [1.807, 2.05) is 12.1 Å². The fraction of sp³-hybridized carbons (Fsp3) is 0.600. The van der Waals surface area contributed by atoms with E-state index in [0.29, 0.717) is 6.04 Å². The van der Waals surface area contributed by atoms with Crippen molar-refractivity contribution in [3.05, 3.63) is 29.3 Å². The van der Waals surface area contributed by atoms with Gasteiger partial charge in [-0.15, -0.1) is 0 Å². The molecule has 0 N–H and O–H groups in total. The lowest BCUT2D eigenvalue weighted by molar-refractivity contribution is 0.128. The van der Waals surface area contributed by atoms with Crippen LogP contribution in [0.25, 0.3) is 0 Å². The molecule has 19 heavy (non-hydrogen) atoms. The number of likely N-dealkylation sites (N-methyl/N-ethyl adjacent to an activating group) is 1. The molecule has 0 unspecified atom stereocenters. The molecule has 0 spiro atoms. The predicted molar refractivity (Wildman–Crippen MR) is 81.2 cm³/mol. The molecule has 106 valence electrons. The van der Waals surface area contributed by atoms with Gasteiger partial charge in [-0.3, -0.25) is 0 Å². The third kappa shape index (κ3) is 4.10. The minimum atomic E-state index is 0.679. The summed E-state index contributed by atoms with van der Waals surface area (Å²) in [6.45, 7) is 4.06. The number of hydrogen-bond donors (Lipinski definition) is 0. The molecule has 1 aromatic carbocycles. The SMILES string of the molecule is COCCN(C)C1CCN(c2ccc(Cl)cc2)CC1. The molecule has 4 heteroatoms. The zero-order valence-corrected chi connectivity index (χ0v) is 12.6. The van der Waals surface area contributed by atoms with Crippen molar-refractivity contribution in [3.8, 4) is 0 Å². The lowest BCUT2D eigenvalue weighted by Gasteiger charge is -2.37.